The van der Waals surface area contributed by atoms with E-state index < -0.39 is 0 Å². The maximum atomic E-state index is 5.71. The molecule has 1 saturated carbocycles. The van der Waals surface area contributed by atoms with Crippen LogP contribution in [0.25, 0.3) is 5.69 Å². The lowest BCUT2D eigenvalue weighted by Gasteiger charge is -2.25. The van der Waals surface area contributed by atoms with Crippen molar-refractivity contribution < 1.29 is 4.74 Å². The minimum atomic E-state index is 0.0997. The predicted octanol–water partition coefficient (Wildman–Crippen LogP) is 1.95. The number of aromatic nitrogens is 3. The monoisotopic (exact) mass is 272 g/mol. The Morgan fingerprint density at radius 2 is 2.05 bits per heavy atom. The van der Waals surface area contributed by atoms with Gasteiger partial charge in [-0.05, 0) is 37.9 Å². The third-order valence-corrected chi connectivity index (χ3v) is 3.89. The first kappa shape index (κ1) is 13.3. The van der Waals surface area contributed by atoms with Crippen LogP contribution in [0.15, 0.2) is 36.5 Å². The molecular formula is C15H20N4O. The van der Waals surface area contributed by atoms with Crippen LogP contribution in [0.4, 0.5) is 0 Å². The summed E-state index contributed by atoms with van der Waals surface area (Å²) in [6, 6.07) is 10.2. The van der Waals surface area contributed by atoms with Crippen molar-refractivity contribution >= 4 is 0 Å². The second-order valence-electron chi connectivity index (χ2n) is 5.21. The Balaban J connectivity index is 1.94. The second-order valence-corrected chi connectivity index (χ2v) is 5.21. The number of ether oxygens (including phenoxy) is 1. The second kappa shape index (κ2) is 5.73. The first-order valence-electron chi connectivity index (χ1n) is 7.01. The van der Waals surface area contributed by atoms with Crippen LogP contribution in [0.3, 0.4) is 0 Å². The zero-order chi connectivity index (χ0) is 13.9. The van der Waals surface area contributed by atoms with E-state index in [4.69, 9.17) is 4.74 Å². The van der Waals surface area contributed by atoms with E-state index in [2.05, 4.69) is 15.6 Å². The van der Waals surface area contributed by atoms with E-state index in [9.17, 15) is 0 Å². The maximum Gasteiger partial charge on any atom is 0.0841 e. The van der Waals surface area contributed by atoms with Gasteiger partial charge in [0.1, 0.15) is 0 Å². The molecule has 1 heterocycles. The Bertz CT molecular complexity index is 550. The lowest BCUT2D eigenvalue weighted by Crippen LogP contribution is -2.34. The van der Waals surface area contributed by atoms with E-state index in [0.717, 1.165) is 11.4 Å². The Hall–Kier alpha value is -1.72. The van der Waals surface area contributed by atoms with Gasteiger partial charge in [0.05, 0.1) is 29.7 Å². The number of nitrogens with one attached hydrogen (secondary N) is 1. The highest BCUT2D eigenvalue weighted by Gasteiger charge is 2.38. The van der Waals surface area contributed by atoms with Crippen LogP contribution < -0.4 is 5.32 Å². The molecule has 1 aliphatic carbocycles. The number of likely N-dealkylation sites (N-methyl/N-ethyl adjacent to an activating group) is 1. The van der Waals surface area contributed by atoms with E-state index in [-0.39, 0.29) is 12.1 Å². The number of para-hydroxylation sites is 1. The van der Waals surface area contributed by atoms with Crippen molar-refractivity contribution in [3.63, 3.8) is 0 Å². The van der Waals surface area contributed by atoms with Crippen LogP contribution in [0.1, 0.15) is 24.6 Å². The number of rotatable bonds is 6. The first-order chi connectivity index (χ1) is 9.85. The zero-order valence-corrected chi connectivity index (χ0v) is 11.9. The van der Waals surface area contributed by atoms with Gasteiger partial charge in [-0.25, -0.2) is 4.68 Å². The van der Waals surface area contributed by atoms with Gasteiger partial charge in [-0.1, -0.05) is 23.4 Å². The third-order valence-electron chi connectivity index (χ3n) is 3.89. The summed E-state index contributed by atoms with van der Waals surface area (Å²) in [5.41, 5.74) is 2.06. The number of benzene rings is 1. The molecule has 1 aromatic carbocycles. The molecule has 1 fully saturated rings. The molecule has 1 aromatic heterocycles. The molecule has 0 spiro atoms. The van der Waals surface area contributed by atoms with Crippen molar-refractivity contribution in [1.82, 2.24) is 20.3 Å². The van der Waals surface area contributed by atoms with Gasteiger partial charge in [-0.3, -0.25) is 0 Å². The molecule has 2 unspecified atom stereocenters. The van der Waals surface area contributed by atoms with Crippen molar-refractivity contribution in [2.75, 3.05) is 14.2 Å². The van der Waals surface area contributed by atoms with Crippen molar-refractivity contribution in [2.24, 2.45) is 5.92 Å². The van der Waals surface area contributed by atoms with Gasteiger partial charge in [0.2, 0.25) is 0 Å². The molecule has 2 atom stereocenters. The molecule has 0 saturated heterocycles. The van der Waals surface area contributed by atoms with Gasteiger partial charge in [-0.15, -0.1) is 5.10 Å². The lowest BCUT2D eigenvalue weighted by molar-refractivity contribution is 0.0511. The Morgan fingerprint density at radius 1 is 1.30 bits per heavy atom. The molecule has 0 aliphatic heterocycles. The molecule has 20 heavy (non-hydrogen) atoms. The van der Waals surface area contributed by atoms with Crippen LogP contribution in [-0.4, -0.2) is 35.3 Å². The van der Waals surface area contributed by atoms with Crippen molar-refractivity contribution in [3.05, 3.63) is 42.2 Å². The fraction of sp³-hybridized carbons (Fsp3) is 0.467. The molecule has 106 valence electrons. The summed E-state index contributed by atoms with van der Waals surface area (Å²) in [5, 5.41) is 11.7. The summed E-state index contributed by atoms with van der Waals surface area (Å²) in [6.45, 7) is 0. The Labute approximate surface area is 118 Å². The van der Waals surface area contributed by atoms with Crippen LogP contribution in [0.2, 0.25) is 0 Å². The normalized spacial score (nSPS) is 17.9. The van der Waals surface area contributed by atoms with Crippen LogP contribution in [0.5, 0.6) is 0 Å². The summed E-state index contributed by atoms with van der Waals surface area (Å²) in [7, 11) is 3.74. The summed E-state index contributed by atoms with van der Waals surface area (Å²) in [6.07, 6.45) is 4.47. The van der Waals surface area contributed by atoms with Crippen LogP contribution >= 0.6 is 0 Å². The van der Waals surface area contributed by atoms with Crippen molar-refractivity contribution in [3.8, 4) is 5.69 Å². The topological polar surface area (TPSA) is 52.0 Å². The van der Waals surface area contributed by atoms with Gasteiger partial charge >= 0.3 is 0 Å². The number of nitrogens with zero attached hydrogens (tertiary/aromatic N) is 3. The molecule has 2 aromatic rings. The molecule has 3 rings (SSSR count). The van der Waals surface area contributed by atoms with Gasteiger partial charge in [0.25, 0.3) is 0 Å². The average Bonchev–Trinajstić information content (AvgIpc) is 3.22. The summed E-state index contributed by atoms with van der Waals surface area (Å²) >= 11 is 0. The lowest BCUT2D eigenvalue weighted by atomic mass is 10.0. The molecule has 5 heteroatoms. The fourth-order valence-electron chi connectivity index (χ4n) is 2.73. The average molecular weight is 272 g/mol. The largest absolute Gasteiger partial charge is 0.379 e. The van der Waals surface area contributed by atoms with Gasteiger partial charge in [-0.2, -0.15) is 0 Å². The quantitative estimate of drug-likeness (QED) is 0.873. The number of hydrogen-bond donors (Lipinski definition) is 1. The van der Waals surface area contributed by atoms with Gasteiger partial charge in [0.15, 0.2) is 0 Å². The number of hydrogen-bond acceptors (Lipinski definition) is 4. The zero-order valence-electron chi connectivity index (χ0n) is 11.9. The predicted molar refractivity (Wildman–Crippen MR) is 76.7 cm³/mol. The molecule has 1 aliphatic rings. The molecule has 1 N–H and O–H groups in total. The summed E-state index contributed by atoms with van der Waals surface area (Å²) in [5.74, 6) is 0.636. The third kappa shape index (κ3) is 2.46. The van der Waals surface area contributed by atoms with E-state index in [1.165, 1.54) is 12.8 Å². The molecule has 0 radical (unpaired) electrons. The Kier molecular flexibility index (Phi) is 3.80. The highest BCUT2D eigenvalue weighted by atomic mass is 16.5. The van der Waals surface area contributed by atoms with E-state index in [1.807, 2.05) is 48.3 Å². The summed E-state index contributed by atoms with van der Waals surface area (Å²) < 4.78 is 7.60. The SMILES string of the molecule is CNC(c1cnnn1-c1ccccc1)C(OC)C1CC1. The van der Waals surface area contributed by atoms with Crippen molar-refractivity contribution in [1.29, 1.82) is 0 Å². The smallest absolute Gasteiger partial charge is 0.0841 e. The minimum absolute atomic E-state index is 0.0997. The standard InChI is InChI=1S/C15H20N4O/c1-16-14(15(20-2)11-8-9-11)13-10-17-18-19(13)12-6-4-3-5-7-12/h3-7,10-11,14-16H,8-9H2,1-2H3. The fourth-order valence-corrected chi connectivity index (χ4v) is 2.73. The molecule has 5 nitrogen and oxygen atoms in total. The Morgan fingerprint density at radius 3 is 2.65 bits per heavy atom. The highest BCUT2D eigenvalue weighted by Crippen LogP contribution is 2.39. The van der Waals surface area contributed by atoms with Crippen LogP contribution in [0, 0.1) is 5.92 Å². The number of methoxy groups -OCH3 is 1. The van der Waals surface area contributed by atoms with E-state index in [0.29, 0.717) is 5.92 Å². The first-order valence-corrected chi connectivity index (χ1v) is 7.01. The molecule has 0 amide bonds. The molecule has 0 bridgehead atoms. The van der Waals surface area contributed by atoms with Gasteiger partial charge < -0.3 is 10.1 Å². The minimum Gasteiger partial charge on any atom is -0.379 e. The van der Waals surface area contributed by atoms with Crippen molar-refractivity contribution in [2.45, 2.75) is 25.0 Å². The van der Waals surface area contributed by atoms with Gasteiger partial charge in [0, 0.05) is 7.11 Å². The highest BCUT2D eigenvalue weighted by molar-refractivity contribution is 5.32. The molecular weight excluding hydrogens is 252 g/mol. The van der Waals surface area contributed by atoms with E-state index >= 15 is 0 Å². The summed E-state index contributed by atoms with van der Waals surface area (Å²) in [4.78, 5) is 0. The van der Waals surface area contributed by atoms with Crippen LogP contribution in [-0.2, 0) is 4.74 Å². The van der Waals surface area contributed by atoms with E-state index in [1.54, 1.807) is 7.11 Å². The maximum absolute atomic E-state index is 5.71.